The fraction of sp³-hybridized carbons (Fsp3) is 0.214. The van der Waals surface area contributed by atoms with Crippen molar-refractivity contribution in [2.24, 2.45) is 5.10 Å². The third-order valence-electron chi connectivity index (χ3n) is 3.36. The van der Waals surface area contributed by atoms with E-state index in [0.29, 0.717) is 33.4 Å². The van der Waals surface area contributed by atoms with Crippen molar-refractivity contribution >= 4 is 35.2 Å². The number of rotatable bonds is 4. The number of methoxy groups -OCH3 is 2. The maximum Gasteiger partial charge on any atom is 0.283 e. The summed E-state index contributed by atoms with van der Waals surface area (Å²) >= 11 is 6.19. The Labute approximate surface area is 141 Å². The van der Waals surface area contributed by atoms with Gasteiger partial charge >= 0.3 is 0 Å². The Morgan fingerprint density at radius 2 is 2.08 bits per heavy atom. The van der Waals surface area contributed by atoms with Gasteiger partial charge in [-0.2, -0.15) is 10.1 Å². The van der Waals surface area contributed by atoms with Crippen molar-refractivity contribution < 1.29 is 14.3 Å². The van der Waals surface area contributed by atoms with Gasteiger partial charge in [0.25, 0.3) is 11.9 Å². The lowest BCUT2D eigenvalue weighted by Crippen LogP contribution is -2.22. The van der Waals surface area contributed by atoms with Crippen LogP contribution in [0.1, 0.15) is 12.5 Å². The van der Waals surface area contributed by atoms with E-state index in [4.69, 9.17) is 21.1 Å². The van der Waals surface area contributed by atoms with E-state index in [1.54, 1.807) is 25.1 Å². The van der Waals surface area contributed by atoms with Crippen molar-refractivity contribution in [3.63, 3.8) is 0 Å². The first-order valence-corrected chi connectivity index (χ1v) is 7.20. The molecule has 1 aliphatic rings. The molecule has 1 amide bonds. The van der Waals surface area contributed by atoms with E-state index in [2.05, 4.69) is 25.7 Å². The number of hydrogen-bond donors (Lipinski definition) is 1. The number of carbonyl (C=O) groups is 1. The number of benzene rings is 1. The van der Waals surface area contributed by atoms with Crippen LogP contribution in [0.15, 0.2) is 22.8 Å². The van der Waals surface area contributed by atoms with Crippen LogP contribution in [-0.4, -0.2) is 46.5 Å². The van der Waals surface area contributed by atoms with Gasteiger partial charge in [-0.1, -0.05) is 16.7 Å². The van der Waals surface area contributed by atoms with Crippen LogP contribution in [0.4, 0.5) is 5.95 Å². The first kappa shape index (κ1) is 15.9. The van der Waals surface area contributed by atoms with Gasteiger partial charge in [-0.05, 0) is 41.1 Å². The molecular weight excluding hydrogens is 336 g/mol. The van der Waals surface area contributed by atoms with Crippen molar-refractivity contribution in [2.45, 2.75) is 6.92 Å². The molecule has 0 fully saturated rings. The number of H-pyrrole nitrogens is 1. The number of aromatic amines is 1. The summed E-state index contributed by atoms with van der Waals surface area (Å²) in [5.74, 6) is 0.692. The lowest BCUT2D eigenvalue weighted by atomic mass is 10.1. The predicted octanol–water partition coefficient (Wildman–Crippen LogP) is 1.68. The Hall–Kier alpha value is -2.94. The van der Waals surface area contributed by atoms with Crippen LogP contribution in [0.5, 0.6) is 11.5 Å². The lowest BCUT2D eigenvalue weighted by Gasteiger charge is -2.10. The first-order chi connectivity index (χ1) is 11.5. The Balaban J connectivity index is 1.99. The van der Waals surface area contributed by atoms with Gasteiger partial charge in [-0.3, -0.25) is 4.79 Å². The van der Waals surface area contributed by atoms with Crippen LogP contribution in [0.2, 0.25) is 5.02 Å². The average Bonchev–Trinajstić information content (AvgIpc) is 3.18. The van der Waals surface area contributed by atoms with E-state index in [1.165, 1.54) is 14.2 Å². The Bertz CT molecular complexity index is 846. The molecule has 10 heteroatoms. The van der Waals surface area contributed by atoms with Gasteiger partial charge in [-0.25, -0.2) is 5.10 Å². The van der Waals surface area contributed by atoms with Crippen molar-refractivity contribution in [3.8, 4) is 11.5 Å². The maximum atomic E-state index is 12.5. The number of carbonyl (C=O) groups excluding carboxylic acids is 1. The molecule has 2 aromatic rings. The van der Waals surface area contributed by atoms with E-state index in [-0.39, 0.29) is 11.9 Å². The Kier molecular flexibility index (Phi) is 4.17. The highest BCUT2D eigenvalue weighted by Gasteiger charge is 2.31. The molecule has 0 spiro atoms. The highest BCUT2D eigenvalue weighted by molar-refractivity contribution is 6.33. The van der Waals surface area contributed by atoms with Gasteiger partial charge < -0.3 is 9.47 Å². The average molecular weight is 349 g/mol. The summed E-state index contributed by atoms with van der Waals surface area (Å²) in [7, 11) is 3.01. The molecule has 0 atom stereocenters. The van der Waals surface area contributed by atoms with Gasteiger partial charge in [0.1, 0.15) is 0 Å². The number of nitrogens with one attached hydrogen (secondary N) is 1. The number of anilines is 1. The summed E-state index contributed by atoms with van der Waals surface area (Å²) in [4.78, 5) is 12.5. The molecule has 0 unspecified atom stereocenters. The fourth-order valence-corrected chi connectivity index (χ4v) is 2.56. The SMILES string of the molecule is COc1cc(/C=C2\C(=O)N(c3nnn[nH]3)N=C2C)cc(Cl)c1OC. The summed E-state index contributed by atoms with van der Waals surface area (Å²) in [6.07, 6.45) is 1.67. The van der Waals surface area contributed by atoms with E-state index in [0.717, 1.165) is 5.01 Å². The molecule has 9 nitrogen and oxygen atoms in total. The monoisotopic (exact) mass is 348 g/mol. The van der Waals surface area contributed by atoms with Crippen molar-refractivity contribution in [2.75, 3.05) is 19.2 Å². The minimum Gasteiger partial charge on any atom is -0.493 e. The molecule has 1 N–H and O–H groups in total. The van der Waals surface area contributed by atoms with Gasteiger partial charge in [0.05, 0.1) is 30.5 Å². The van der Waals surface area contributed by atoms with Crippen molar-refractivity contribution in [1.82, 2.24) is 20.6 Å². The zero-order chi connectivity index (χ0) is 17.3. The van der Waals surface area contributed by atoms with Gasteiger partial charge in [0.2, 0.25) is 0 Å². The summed E-state index contributed by atoms with van der Waals surface area (Å²) in [6.45, 7) is 1.72. The van der Waals surface area contributed by atoms with Gasteiger partial charge in [0, 0.05) is 0 Å². The summed E-state index contributed by atoms with van der Waals surface area (Å²) in [5.41, 5.74) is 1.60. The number of aromatic nitrogens is 4. The molecule has 1 aromatic heterocycles. The van der Waals surface area contributed by atoms with E-state index < -0.39 is 0 Å². The quantitative estimate of drug-likeness (QED) is 0.842. The number of tetrazole rings is 1. The summed E-state index contributed by atoms with van der Waals surface area (Å²) in [6, 6.07) is 3.39. The molecule has 2 heterocycles. The first-order valence-electron chi connectivity index (χ1n) is 6.82. The largest absolute Gasteiger partial charge is 0.493 e. The molecule has 0 aliphatic carbocycles. The minimum absolute atomic E-state index is 0.146. The molecule has 1 aliphatic heterocycles. The van der Waals surface area contributed by atoms with E-state index in [1.807, 2.05) is 0 Å². The van der Waals surface area contributed by atoms with E-state index in [9.17, 15) is 4.79 Å². The zero-order valence-electron chi connectivity index (χ0n) is 13.1. The molecule has 1 aromatic carbocycles. The molecule has 3 rings (SSSR count). The number of hydrogen-bond acceptors (Lipinski definition) is 7. The van der Waals surface area contributed by atoms with Crippen LogP contribution < -0.4 is 14.5 Å². The highest BCUT2D eigenvalue weighted by Crippen LogP contribution is 2.37. The number of hydrazone groups is 1. The number of ether oxygens (including phenoxy) is 2. The standard InChI is InChI=1S/C14H13ClN6O3/c1-7-9(13(22)21(18-7)14-16-19-20-17-14)4-8-5-10(15)12(24-3)11(6-8)23-2/h4-6H,1-3H3,(H,16,17,19,20)/b9-4-. The van der Waals surface area contributed by atoms with Crippen LogP contribution in [0.25, 0.3) is 6.08 Å². The summed E-state index contributed by atoms with van der Waals surface area (Å²) < 4.78 is 10.5. The van der Waals surface area contributed by atoms with Crippen LogP contribution in [0.3, 0.4) is 0 Å². The second kappa shape index (κ2) is 6.28. The number of amides is 1. The minimum atomic E-state index is -0.350. The third-order valence-corrected chi connectivity index (χ3v) is 3.65. The molecule has 0 saturated heterocycles. The molecule has 124 valence electrons. The Morgan fingerprint density at radius 3 is 2.71 bits per heavy atom. The van der Waals surface area contributed by atoms with Crippen LogP contribution >= 0.6 is 11.6 Å². The van der Waals surface area contributed by atoms with Gasteiger partial charge in [0.15, 0.2) is 11.5 Å². The molecule has 0 bridgehead atoms. The predicted molar refractivity (Wildman–Crippen MR) is 87.3 cm³/mol. The zero-order valence-corrected chi connectivity index (χ0v) is 13.8. The molecule has 0 radical (unpaired) electrons. The smallest absolute Gasteiger partial charge is 0.283 e. The topological polar surface area (TPSA) is 106 Å². The highest BCUT2D eigenvalue weighted by atomic mass is 35.5. The summed E-state index contributed by atoms with van der Waals surface area (Å²) in [5, 5.41) is 18.7. The molecular formula is C14H13ClN6O3. The lowest BCUT2D eigenvalue weighted by molar-refractivity contribution is -0.114. The fourth-order valence-electron chi connectivity index (χ4n) is 2.26. The number of nitrogens with zero attached hydrogens (tertiary/aromatic N) is 5. The second-order valence-electron chi connectivity index (χ2n) is 4.82. The maximum absolute atomic E-state index is 12.5. The second-order valence-corrected chi connectivity index (χ2v) is 5.23. The van der Waals surface area contributed by atoms with Crippen molar-refractivity contribution in [3.05, 3.63) is 28.3 Å². The van der Waals surface area contributed by atoms with Crippen LogP contribution in [-0.2, 0) is 4.79 Å². The normalized spacial score (nSPS) is 15.8. The molecule has 24 heavy (non-hydrogen) atoms. The van der Waals surface area contributed by atoms with Gasteiger partial charge in [-0.15, -0.1) is 0 Å². The van der Waals surface area contributed by atoms with E-state index >= 15 is 0 Å². The van der Waals surface area contributed by atoms with Crippen molar-refractivity contribution in [1.29, 1.82) is 0 Å². The van der Waals surface area contributed by atoms with Crippen LogP contribution in [0, 0.1) is 0 Å². The Morgan fingerprint density at radius 1 is 1.29 bits per heavy atom. The number of halogens is 1. The molecule has 0 saturated carbocycles. The third kappa shape index (κ3) is 2.69.